The fourth-order valence-electron chi connectivity index (χ4n) is 1.63. The maximum Gasteiger partial charge on any atom is 0.208 e. The lowest BCUT2D eigenvalue weighted by molar-refractivity contribution is 0.564. The number of benzene rings is 1. The van der Waals surface area contributed by atoms with E-state index in [1.807, 2.05) is 25.1 Å². The van der Waals surface area contributed by atoms with Crippen LogP contribution in [0.1, 0.15) is 19.4 Å². The van der Waals surface area contributed by atoms with E-state index in [0.29, 0.717) is 17.5 Å². The zero-order valence-electron chi connectivity index (χ0n) is 12.6. The lowest BCUT2D eigenvalue weighted by Gasteiger charge is -2.12. The summed E-state index contributed by atoms with van der Waals surface area (Å²) in [6.45, 7) is 4.78. The van der Waals surface area contributed by atoms with Crippen molar-refractivity contribution in [3.63, 3.8) is 0 Å². The Bertz CT molecular complexity index is 598. The summed E-state index contributed by atoms with van der Waals surface area (Å²) in [6, 6.07) is 5.51. The molecule has 0 saturated heterocycles. The van der Waals surface area contributed by atoms with Crippen LogP contribution in [0.4, 0.5) is 9.52 Å². The molecule has 2 rings (SSSR count). The normalized spacial score (nSPS) is 11.1. The number of anilines is 1. The molecule has 21 heavy (non-hydrogen) atoms. The lowest BCUT2D eigenvalue weighted by atomic mass is 10.2. The second-order valence-electron chi connectivity index (χ2n) is 5.11. The Morgan fingerprint density at radius 3 is 2.71 bits per heavy atom. The average molecular weight is 326 g/mol. The van der Waals surface area contributed by atoms with Crippen LogP contribution in [0.25, 0.3) is 0 Å². The molecule has 0 saturated carbocycles. The van der Waals surface area contributed by atoms with Crippen LogP contribution in [-0.4, -0.2) is 30.3 Å². The van der Waals surface area contributed by atoms with Crippen molar-refractivity contribution in [3.8, 4) is 0 Å². The molecule has 114 valence electrons. The molecule has 0 aliphatic rings. The van der Waals surface area contributed by atoms with Crippen molar-refractivity contribution in [1.82, 2.24) is 15.5 Å². The van der Waals surface area contributed by atoms with E-state index in [4.69, 9.17) is 0 Å². The van der Waals surface area contributed by atoms with Crippen molar-refractivity contribution in [2.45, 2.75) is 35.7 Å². The van der Waals surface area contributed by atoms with Crippen LogP contribution in [0.5, 0.6) is 0 Å². The Kier molecular flexibility index (Phi) is 5.55. The van der Waals surface area contributed by atoms with E-state index < -0.39 is 0 Å². The highest BCUT2D eigenvalue weighted by Crippen LogP contribution is 2.36. The molecule has 2 aromatic rings. The standard InChI is InChI=1S/C14H19FN4S2/c1-9(2)16-8-10-6-5-7-11(15)12(10)20-14-18-17-13(21-14)19(3)4/h5-7,9,16H,8H2,1-4H3. The lowest BCUT2D eigenvalue weighted by Crippen LogP contribution is -2.22. The topological polar surface area (TPSA) is 41.1 Å². The zero-order chi connectivity index (χ0) is 15.4. The first-order chi connectivity index (χ1) is 9.97. The van der Waals surface area contributed by atoms with Gasteiger partial charge >= 0.3 is 0 Å². The average Bonchev–Trinajstić information content (AvgIpc) is 2.88. The molecule has 0 aliphatic carbocycles. The molecule has 0 aliphatic heterocycles. The molecule has 1 N–H and O–H groups in total. The minimum Gasteiger partial charge on any atom is -0.353 e. The van der Waals surface area contributed by atoms with Gasteiger partial charge in [-0.2, -0.15) is 0 Å². The van der Waals surface area contributed by atoms with Crippen LogP contribution in [0.2, 0.25) is 0 Å². The number of aromatic nitrogens is 2. The van der Waals surface area contributed by atoms with E-state index in [1.54, 1.807) is 6.07 Å². The molecule has 0 fully saturated rings. The molecule has 0 atom stereocenters. The molecule has 1 aromatic carbocycles. The Morgan fingerprint density at radius 1 is 1.33 bits per heavy atom. The summed E-state index contributed by atoms with van der Waals surface area (Å²) in [5.74, 6) is -0.218. The molecule has 4 nitrogen and oxygen atoms in total. The van der Waals surface area contributed by atoms with Crippen LogP contribution >= 0.6 is 23.1 Å². The summed E-state index contributed by atoms with van der Waals surface area (Å²) in [7, 11) is 3.83. The Labute approximate surface area is 132 Å². The highest BCUT2D eigenvalue weighted by molar-refractivity contribution is 8.01. The van der Waals surface area contributed by atoms with Crippen LogP contribution < -0.4 is 10.2 Å². The van der Waals surface area contributed by atoms with Gasteiger partial charge in [0.2, 0.25) is 5.13 Å². The van der Waals surface area contributed by atoms with E-state index in [9.17, 15) is 4.39 Å². The minimum atomic E-state index is -0.218. The molecule has 0 bridgehead atoms. The van der Waals surface area contributed by atoms with Crippen LogP contribution in [0.15, 0.2) is 27.4 Å². The Morgan fingerprint density at radius 2 is 2.10 bits per heavy atom. The van der Waals surface area contributed by atoms with Crippen molar-refractivity contribution >= 4 is 28.2 Å². The van der Waals surface area contributed by atoms with Gasteiger partial charge in [0.1, 0.15) is 5.82 Å². The van der Waals surface area contributed by atoms with Crippen LogP contribution in [0.3, 0.4) is 0 Å². The summed E-state index contributed by atoms with van der Waals surface area (Å²) in [4.78, 5) is 2.51. The van der Waals surface area contributed by atoms with Crippen molar-refractivity contribution in [2.75, 3.05) is 19.0 Å². The second kappa shape index (κ2) is 7.20. The SMILES string of the molecule is CC(C)NCc1cccc(F)c1Sc1nnc(N(C)C)s1. The van der Waals surface area contributed by atoms with Gasteiger partial charge in [0.15, 0.2) is 4.34 Å². The predicted molar refractivity (Wildman–Crippen MR) is 86.7 cm³/mol. The van der Waals surface area contributed by atoms with Gasteiger partial charge in [-0.1, -0.05) is 49.1 Å². The summed E-state index contributed by atoms with van der Waals surface area (Å²) in [5.41, 5.74) is 0.940. The van der Waals surface area contributed by atoms with E-state index in [0.717, 1.165) is 15.0 Å². The first-order valence-electron chi connectivity index (χ1n) is 6.67. The summed E-state index contributed by atoms with van der Waals surface area (Å²) >= 11 is 2.79. The zero-order valence-corrected chi connectivity index (χ0v) is 14.2. The number of hydrogen-bond acceptors (Lipinski definition) is 6. The fourth-order valence-corrected chi connectivity index (χ4v) is 3.47. The third-order valence-electron chi connectivity index (χ3n) is 2.72. The third-order valence-corrected chi connectivity index (χ3v) is 5.02. The van der Waals surface area contributed by atoms with E-state index >= 15 is 0 Å². The van der Waals surface area contributed by atoms with Crippen LogP contribution in [-0.2, 0) is 6.54 Å². The molecule has 1 aromatic heterocycles. The minimum absolute atomic E-state index is 0.218. The number of nitrogens with one attached hydrogen (secondary N) is 1. The van der Waals surface area contributed by atoms with Crippen molar-refractivity contribution in [1.29, 1.82) is 0 Å². The smallest absolute Gasteiger partial charge is 0.208 e. The van der Waals surface area contributed by atoms with Gasteiger partial charge in [0.05, 0.1) is 4.90 Å². The predicted octanol–water partition coefficient (Wildman–Crippen LogP) is 3.39. The third kappa shape index (κ3) is 4.39. The summed E-state index contributed by atoms with van der Waals surface area (Å²) in [5, 5.41) is 12.3. The second-order valence-corrected chi connectivity index (χ2v) is 7.32. The van der Waals surface area contributed by atoms with Gasteiger partial charge in [-0.3, -0.25) is 0 Å². The van der Waals surface area contributed by atoms with Crippen molar-refractivity contribution in [2.24, 2.45) is 0 Å². The van der Waals surface area contributed by atoms with Gasteiger partial charge in [0.25, 0.3) is 0 Å². The molecule has 0 amide bonds. The fraction of sp³-hybridized carbons (Fsp3) is 0.429. The van der Waals surface area contributed by atoms with E-state index in [1.165, 1.54) is 29.2 Å². The number of halogens is 1. The molecular formula is C14H19FN4S2. The van der Waals surface area contributed by atoms with Crippen molar-refractivity contribution < 1.29 is 4.39 Å². The van der Waals surface area contributed by atoms with Gasteiger partial charge < -0.3 is 10.2 Å². The first-order valence-corrected chi connectivity index (χ1v) is 8.30. The molecule has 1 heterocycles. The first kappa shape index (κ1) is 16.2. The maximum absolute atomic E-state index is 14.1. The number of nitrogens with zero attached hydrogens (tertiary/aromatic N) is 3. The molecule has 7 heteroatoms. The molecular weight excluding hydrogens is 307 g/mol. The quantitative estimate of drug-likeness (QED) is 0.881. The molecule has 0 unspecified atom stereocenters. The summed E-state index contributed by atoms with van der Waals surface area (Å²) in [6.07, 6.45) is 0. The largest absolute Gasteiger partial charge is 0.353 e. The Balaban J connectivity index is 2.21. The maximum atomic E-state index is 14.1. The molecule has 0 spiro atoms. The van der Waals surface area contributed by atoms with Gasteiger partial charge in [-0.25, -0.2) is 4.39 Å². The van der Waals surface area contributed by atoms with Gasteiger partial charge in [-0.05, 0) is 11.6 Å². The monoisotopic (exact) mass is 326 g/mol. The Hall–Kier alpha value is -1.18. The van der Waals surface area contributed by atoms with E-state index in [2.05, 4.69) is 29.4 Å². The van der Waals surface area contributed by atoms with Gasteiger partial charge in [-0.15, -0.1) is 10.2 Å². The highest BCUT2D eigenvalue weighted by atomic mass is 32.2. The summed E-state index contributed by atoms with van der Waals surface area (Å²) < 4.78 is 14.9. The van der Waals surface area contributed by atoms with Crippen molar-refractivity contribution in [3.05, 3.63) is 29.6 Å². The highest BCUT2D eigenvalue weighted by Gasteiger charge is 2.14. The van der Waals surface area contributed by atoms with Crippen LogP contribution in [0, 0.1) is 5.82 Å². The number of hydrogen-bond donors (Lipinski definition) is 1. The van der Waals surface area contributed by atoms with E-state index in [-0.39, 0.29) is 5.82 Å². The van der Waals surface area contributed by atoms with Gasteiger partial charge in [0, 0.05) is 26.7 Å². The number of rotatable bonds is 6. The molecule has 0 radical (unpaired) electrons.